The molecule has 3 aliphatic rings. The maximum absolute atomic E-state index is 14.0. The highest BCUT2D eigenvalue weighted by atomic mass is 16.4. The first kappa shape index (κ1) is 33.3. The van der Waals surface area contributed by atoms with E-state index in [0.29, 0.717) is 30.8 Å². The lowest BCUT2D eigenvalue weighted by atomic mass is 9.67. The van der Waals surface area contributed by atoms with Crippen molar-refractivity contribution < 1.29 is 29.3 Å². The molecule has 1 aromatic heterocycles. The van der Waals surface area contributed by atoms with Crippen LogP contribution in [-0.4, -0.2) is 68.8 Å². The molecule has 0 saturated carbocycles. The third kappa shape index (κ3) is 7.51. The van der Waals surface area contributed by atoms with Gasteiger partial charge in [-0.3, -0.25) is 19.4 Å². The predicted molar refractivity (Wildman–Crippen MR) is 173 cm³/mol. The first-order valence-electron chi connectivity index (χ1n) is 16.9. The van der Waals surface area contributed by atoms with Crippen LogP contribution in [0.2, 0.25) is 0 Å². The molecule has 1 aromatic carbocycles. The summed E-state index contributed by atoms with van der Waals surface area (Å²) in [5.41, 5.74) is 4.21. The van der Waals surface area contributed by atoms with Crippen molar-refractivity contribution in [3.05, 3.63) is 76.3 Å². The standard InChI is InChI=1S/C37H50N2O6/c1-3-8-25(20-29-13-14-30(23-40)45-29)12-15-33(42)34-27(9-4-2)21-31-35(32(34)24-41)37(44)39(36(31)43)28-16-18-38(19-17-28)22-26-10-6-5-7-11-26/h5-7,10-11,13-14,20,28,31-33,35,40-42H,3-4,8-9,12,15-19,21-24H2,1-2H3/b25-20+/t31-,32+,33-,35-/m1/s1. The van der Waals surface area contributed by atoms with Crippen LogP contribution in [0.1, 0.15) is 88.7 Å². The summed E-state index contributed by atoms with van der Waals surface area (Å²) in [6.45, 7) is 6.28. The van der Waals surface area contributed by atoms with Crippen LogP contribution in [-0.2, 0) is 22.7 Å². The second kappa shape index (κ2) is 15.5. The van der Waals surface area contributed by atoms with E-state index in [1.807, 2.05) is 30.3 Å². The van der Waals surface area contributed by atoms with Gasteiger partial charge in [0.2, 0.25) is 11.8 Å². The van der Waals surface area contributed by atoms with Gasteiger partial charge in [0, 0.05) is 31.6 Å². The number of rotatable bonds is 14. The minimum absolute atomic E-state index is 0.0963. The highest BCUT2D eigenvalue weighted by molar-refractivity contribution is 6.06. The summed E-state index contributed by atoms with van der Waals surface area (Å²) >= 11 is 0. The molecular formula is C37H50N2O6. The van der Waals surface area contributed by atoms with Crippen molar-refractivity contribution in [1.82, 2.24) is 9.80 Å². The van der Waals surface area contributed by atoms with E-state index in [1.54, 1.807) is 11.0 Å². The van der Waals surface area contributed by atoms with Crippen LogP contribution in [0.3, 0.4) is 0 Å². The maximum Gasteiger partial charge on any atom is 0.234 e. The van der Waals surface area contributed by atoms with Crippen molar-refractivity contribution in [3.63, 3.8) is 0 Å². The zero-order valence-electron chi connectivity index (χ0n) is 26.9. The number of likely N-dealkylation sites (tertiary alicyclic amines) is 2. The molecule has 0 unspecified atom stereocenters. The Kier molecular flexibility index (Phi) is 11.5. The van der Waals surface area contributed by atoms with E-state index in [1.165, 1.54) is 5.56 Å². The molecule has 2 amide bonds. The van der Waals surface area contributed by atoms with E-state index in [-0.39, 0.29) is 31.1 Å². The Morgan fingerprint density at radius 2 is 1.76 bits per heavy atom. The van der Waals surface area contributed by atoms with Crippen LogP contribution in [0.5, 0.6) is 0 Å². The molecular weight excluding hydrogens is 568 g/mol. The first-order chi connectivity index (χ1) is 21.9. The number of piperidine rings is 1. The number of hydrogen-bond acceptors (Lipinski definition) is 7. The fourth-order valence-electron chi connectivity index (χ4n) is 7.89. The quantitative estimate of drug-likeness (QED) is 0.190. The van der Waals surface area contributed by atoms with Crippen molar-refractivity contribution >= 4 is 17.9 Å². The third-order valence-electron chi connectivity index (χ3n) is 9.99. The highest BCUT2D eigenvalue weighted by Gasteiger charge is 2.56. The van der Waals surface area contributed by atoms with Gasteiger partial charge in [0.1, 0.15) is 18.1 Å². The van der Waals surface area contributed by atoms with Gasteiger partial charge in [0.05, 0.1) is 24.5 Å². The molecule has 8 heteroatoms. The number of amides is 2. The number of furan rings is 1. The number of imide groups is 1. The average molecular weight is 619 g/mol. The Balaban J connectivity index is 1.29. The van der Waals surface area contributed by atoms with Crippen molar-refractivity contribution in [3.8, 4) is 0 Å². The molecule has 0 radical (unpaired) electrons. The minimum Gasteiger partial charge on any atom is -0.459 e. The summed E-state index contributed by atoms with van der Waals surface area (Å²) in [5.74, 6) is -0.730. The molecule has 2 aromatic rings. The fraction of sp³-hybridized carbons (Fsp3) is 0.568. The maximum atomic E-state index is 14.0. The molecule has 0 bridgehead atoms. The van der Waals surface area contributed by atoms with E-state index < -0.39 is 23.9 Å². The number of aliphatic hydroxyl groups is 3. The summed E-state index contributed by atoms with van der Waals surface area (Å²) in [7, 11) is 0. The van der Waals surface area contributed by atoms with Gasteiger partial charge >= 0.3 is 0 Å². The first-order valence-corrected chi connectivity index (χ1v) is 16.9. The molecule has 3 N–H and O–H groups in total. The van der Waals surface area contributed by atoms with E-state index in [4.69, 9.17) is 4.42 Å². The molecule has 2 aliphatic heterocycles. The summed E-state index contributed by atoms with van der Waals surface area (Å²) in [5, 5.41) is 31.7. The summed E-state index contributed by atoms with van der Waals surface area (Å²) in [6.07, 6.45) is 7.64. The van der Waals surface area contributed by atoms with Crippen LogP contribution in [0.25, 0.3) is 6.08 Å². The fourth-order valence-corrected chi connectivity index (χ4v) is 7.89. The van der Waals surface area contributed by atoms with Gasteiger partial charge in [-0.05, 0) is 74.3 Å². The molecule has 45 heavy (non-hydrogen) atoms. The number of aliphatic hydroxyl groups excluding tert-OH is 3. The molecule has 3 heterocycles. The topological polar surface area (TPSA) is 114 Å². The molecule has 4 atom stereocenters. The third-order valence-corrected chi connectivity index (χ3v) is 9.99. The predicted octanol–water partition coefficient (Wildman–Crippen LogP) is 5.47. The van der Waals surface area contributed by atoms with Gasteiger partial charge in [0.15, 0.2) is 0 Å². The Bertz CT molecular complexity index is 1360. The molecule has 244 valence electrons. The second-order valence-corrected chi connectivity index (χ2v) is 13.0. The van der Waals surface area contributed by atoms with Gasteiger partial charge in [0.25, 0.3) is 0 Å². The minimum atomic E-state index is -0.812. The Morgan fingerprint density at radius 1 is 1.00 bits per heavy atom. The van der Waals surface area contributed by atoms with Gasteiger partial charge < -0.3 is 19.7 Å². The number of hydrogen-bond donors (Lipinski definition) is 3. The smallest absolute Gasteiger partial charge is 0.234 e. The van der Waals surface area contributed by atoms with E-state index >= 15 is 0 Å². The van der Waals surface area contributed by atoms with Gasteiger partial charge in [-0.25, -0.2) is 0 Å². The van der Waals surface area contributed by atoms with Crippen LogP contribution in [0.15, 0.2) is 63.6 Å². The molecule has 5 rings (SSSR count). The monoisotopic (exact) mass is 618 g/mol. The summed E-state index contributed by atoms with van der Waals surface area (Å²) < 4.78 is 5.67. The van der Waals surface area contributed by atoms with Crippen molar-refractivity contribution in [1.29, 1.82) is 0 Å². The summed E-state index contributed by atoms with van der Waals surface area (Å²) in [4.78, 5) is 31.9. The Labute approximate surface area is 267 Å². The van der Waals surface area contributed by atoms with Gasteiger partial charge in [-0.1, -0.05) is 68.2 Å². The molecule has 0 spiro atoms. The SMILES string of the molecule is CCCC1=C([C@H](O)CC/C(=C/c2ccc(CO)o2)CCC)[C@H](CO)[C@@H]2C(=O)N(C3CCN(Cc4ccccc4)CC3)C(=O)[C@@H]2C1. The lowest BCUT2D eigenvalue weighted by Crippen LogP contribution is -2.47. The number of nitrogens with zero attached hydrogens (tertiary/aromatic N) is 2. The van der Waals surface area contributed by atoms with Crippen LogP contribution in [0, 0.1) is 17.8 Å². The molecule has 2 saturated heterocycles. The van der Waals surface area contributed by atoms with E-state index in [2.05, 4.69) is 30.9 Å². The normalized spacial score (nSPS) is 24.1. The molecule has 2 fully saturated rings. The number of carbonyl (C=O) groups is 2. The Hall–Kier alpha value is -3.04. The van der Waals surface area contributed by atoms with Gasteiger partial charge in [-0.15, -0.1) is 0 Å². The molecule has 1 aliphatic carbocycles. The van der Waals surface area contributed by atoms with Crippen molar-refractivity contribution in [2.45, 2.75) is 96.9 Å². The number of fused-ring (bicyclic) bond motifs is 1. The number of benzene rings is 1. The van der Waals surface area contributed by atoms with E-state index in [0.717, 1.165) is 74.9 Å². The summed E-state index contributed by atoms with van der Waals surface area (Å²) in [6, 6.07) is 13.8. The van der Waals surface area contributed by atoms with Crippen molar-refractivity contribution in [2.24, 2.45) is 17.8 Å². The lowest BCUT2D eigenvalue weighted by Gasteiger charge is -2.37. The Morgan fingerprint density at radius 3 is 2.40 bits per heavy atom. The lowest BCUT2D eigenvalue weighted by molar-refractivity contribution is -0.144. The second-order valence-electron chi connectivity index (χ2n) is 13.0. The van der Waals surface area contributed by atoms with Crippen LogP contribution < -0.4 is 0 Å². The van der Waals surface area contributed by atoms with Gasteiger partial charge in [-0.2, -0.15) is 0 Å². The zero-order valence-corrected chi connectivity index (χ0v) is 26.9. The van der Waals surface area contributed by atoms with Crippen LogP contribution in [0.4, 0.5) is 0 Å². The zero-order chi connectivity index (χ0) is 31.9. The number of carbonyl (C=O) groups excluding carboxylic acids is 2. The van der Waals surface area contributed by atoms with Crippen molar-refractivity contribution in [2.75, 3.05) is 19.7 Å². The van der Waals surface area contributed by atoms with E-state index in [9.17, 15) is 24.9 Å². The van der Waals surface area contributed by atoms with Crippen LogP contribution >= 0.6 is 0 Å². The molecule has 8 nitrogen and oxygen atoms in total. The average Bonchev–Trinajstić information content (AvgIpc) is 3.61. The number of allylic oxidation sites excluding steroid dienone is 2. The highest BCUT2D eigenvalue weighted by Crippen LogP contribution is 2.48. The largest absolute Gasteiger partial charge is 0.459 e.